The van der Waals surface area contributed by atoms with Crippen LogP contribution in [0, 0.1) is 27.7 Å². The monoisotopic (exact) mass is 430 g/mol. The number of rotatable bonds is 7. The van der Waals surface area contributed by atoms with Crippen molar-refractivity contribution in [3.05, 3.63) is 94.0 Å². The van der Waals surface area contributed by atoms with Gasteiger partial charge in [-0.15, -0.1) is 0 Å². The van der Waals surface area contributed by atoms with Crippen molar-refractivity contribution in [3.8, 4) is 5.75 Å². The molecule has 0 unspecified atom stereocenters. The van der Waals surface area contributed by atoms with Gasteiger partial charge < -0.3 is 14.6 Å². The summed E-state index contributed by atoms with van der Waals surface area (Å²) in [6, 6.07) is 15.9. The van der Waals surface area contributed by atoms with Crippen molar-refractivity contribution < 1.29 is 14.1 Å². The highest BCUT2D eigenvalue weighted by molar-refractivity contribution is 6.03. The first-order chi connectivity index (χ1) is 15.4. The molecule has 0 aliphatic carbocycles. The number of hydrogen-bond acceptors (Lipinski definition) is 5. The van der Waals surface area contributed by atoms with Crippen molar-refractivity contribution in [1.29, 1.82) is 0 Å². The molecule has 164 valence electrons. The molecule has 7 nitrogen and oxygen atoms in total. The van der Waals surface area contributed by atoms with Gasteiger partial charge in [0.15, 0.2) is 11.5 Å². The maximum absolute atomic E-state index is 12.8. The number of carbonyl (C=O) groups excluding carboxylic acids is 1. The molecular formula is C25H26N4O3. The topological polar surface area (TPSA) is 82.2 Å². The van der Waals surface area contributed by atoms with Gasteiger partial charge in [0.05, 0.1) is 12.1 Å². The Bertz CT molecular complexity index is 1240. The molecule has 1 amide bonds. The highest BCUT2D eigenvalue weighted by atomic mass is 16.5. The summed E-state index contributed by atoms with van der Waals surface area (Å²) in [5.74, 6) is 1.34. The van der Waals surface area contributed by atoms with E-state index in [0.717, 1.165) is 16.9 Å². The zero-order valence-electron chi connectivity index (χ0n) is 18.7. The number of aryl methyl sites for hydroxylation is 4. The number of amides is 1. The van der Waals surface area contributed by atoms with Crippen molar-refractivity contribution in [3.63, 3.8) is 0 Å². The predicted molar refractivity (Wildman–Crippen MR) is 122 cm³/mol. The first kappa shape index (κ1) is 21.4. The summed E-state index contributed by atoms with van der Waals surface area (Å²) in [5.41, 5.74) is 5.49. The number of hydrogen-bond donors (Lipinski definition) is 1. The molecule has 2 heterocycles. The minimum absolute atomic E-state index is 0.183. The standard InChI is InChI=1S/C25H26N4O3/c1-16-5-8-20(9-6-16)14-29-12-11-23(27-29)26-25(30)24-22(19(4)32-28-24)15-31-21-10-7-17(2)18(3)13-21/h5-13H,14-15H2,1-4H3,(H,26,27,30). The molecule has 1 N–H and O–H groups in total. The molecule has 0 bridgehead atoms. The number of anilines is 1. The van der Waals surface area contributed by atoms with Crippen LogP contribution in [-0.4, -0.2) is 20.8 Å². The van der Waals surface area contributed by atoms with Gasteiger partial charge in [-0.2, -0.15) is 5.10 Å². The van der Waals surface area contributed by atoms with E-state index in [0.29, 0.717) is 23.7 Å². The molecule has 0 saturated carbocycles. The maximum Gasteiger partial charge on any atom is 0.279 e. The molecule has 2 aromatic carbocycles. The Balaban J connectivity index is 1.42. The number of benzene rings is 2. The SMILES string of the molecule is Cc1ccc(Cn2ccc(NC(=O)c3noc(C)c3COc3ccc(C)c(C)c3)n2)cc1. The van der Waals surface area contributed by atoms with Crippen molar-refractivity contribution in [2.45, 2.75) is 40.8 Å². The van der Waals surface area contributed by atoms with E-state index in [1.807, 2.05) is 38.2 Å². The van der Waals surface area contributed by atoms with Crippen molar-refractivity contribution in [2.24, 2.45) is 0 Å². The normalized spacial score (nSPS) is 10.9. The van der Waals surface area contributed by atoms with Gasteiger partial charge >= 0.3 is 0 Å². The largest absolute Gasteiger partial charge is 0.489 e. The highest BCUT2D eigenvalue weighted by Gasteiger charge is 2.21. The van der Waals surface area contributed by atoms with Gasteiger partial charge in [0.1, 0.15) is 18.1 Å². The Morgan fingerprint density at radius 1 is 1.03 bits per heavy atom. The van der Waals surface area contributed by atoms with Crippen LogP contribution >= 0.6 is 0 Å². The van der Waals surface area contributed by atoms with Gasteiger partial charge in [0.2, 0.25) is 0 Å². The fourth-order valence-electron chi connectivity index (χ4n) is 3.27. The van der Waals surface area contributed by atoms with Crippen molar-refractivity contribution >= 4 is 11.7 Å². The Hall–Kier alpha value is -3.87. The first-order valence-electron chi connectivity index (χ1n) is 10.4. The maximum atomic E-state index is 12.8. The third kappa shape index (κ3) is 4.88. The Labute approximate surface area is 187 Å². The molecule has 2 aromatic heterocycles. The number of aromatic nitrogens is 3. The van der Waals surface area contributed by atoms with E-state index < -0.39 is 0 Å². The summed E-state index contributed by atoms with van der Waals surface area (Å²) in [5, 5.41) is 11.2. The van der Waals surface area contributed by atoms with Crippen LogP contribution in [0.1, 0.15) is 44.1 Å². The Morgan fingerprint density at radius 3 is 2.56 bits per heavy atom. The summed E-state index contributed by atoms with van der Waals surface area (Å²) in [6.45, 7) is 8.70. The van der Waals surface area contributed by atoms with Gasteiger partial charge in [0.25, 0.3) is 5.91 Å². The van der Waals surface area contributed by atoms with E-state index in [-0.39, 0.29) is 18.2 Å². The molecule has 32 heavy (non-hydrogen) atoms. The summed E-state index contributed by atoms with van der Waals surface area (Å²) in [4.78, 5) is 12.8. The quantitative estimate of drug-likeness (QED) is 0.447. The lowest BCUT2D eigenvalue weighted by Gasteiger charge is -2.08. The molecule has 0 aliphatic rings. The molecule has 7 heteroatoms. The van der Waals surface area contributed by atoms with Gasteiger partial charge in [-0.1, -0.05) is 41.1 Å². The average molecular weight is 431 g/mol. The van der Waals surface area contributed by atoms with Crippen LogP contribution in [0.2, 0.25) is 0 Å². The molecule has 0 atom stereocenters. The lowest BCUT2D eigenvalue weighted by atomic mass is 10.1. The number of ether oxygens (including phenoxy) is 1. The minimum atomic E-state index is -0.388. The molecule has 0 spiro atoms. The molecular weight excluding hydrogens is 404 g/mol. The van der Waals surface area contributed by atoms with Gasteiger partial charge in [-0.05, 0) is 56.5 Å². The van der Waals surface area contributed by atoms with Crippen LogP contribution in [0.3, 0.4) is 0 Å². The Morgan fingerprint density at radius 2 is 1.81 bits per heavy atom. The van der Waals surface area contributed by atoms with E-state index in [2.05, 4.69) is 46.8 Å². The van der Waals surface area contributed by atoms with Gasteiger partial charge in [-0.3, -0.25) is 9.48 Å². The first-order valence-corrected chi connectivity index (χ1v) is 10.4. The number of nitrogens with one attached hydrogen (secondary N) is 1. The van der Waals surface area contributed by atoms with E-state index >= 15 is 0 Å². The van der Waals surface area contributed by atoms with Crippen LogP contribution < -0.4 is 10.1 Å². The van der Waals surface area contributed by atoms with Crippen LogP contribution in [0.4, 0.5) is 5.82 Å². The second-order valence-electron chi connectivity index (χ2n) is 7.94. The lowest BCUT2D eigenvalue weighted by Crippen LogP contribution is -2.16. The molecule has 0 saturated heterocycles. The molecule has 0 aliphatic heterocycles. The van der Waals surface area contributed by atoms with Gasteiger partial charge in [0, 0.05) is 12.3 Å². The third-order valence-electron chi connectivity index (χ3n) is 5.41. The van der Waals surface area contributed by atoms with Crippen molar-refractivity contribution in [2.75, 3.05) is 5.32 Å². The summed E-state index contributed by atoms with van der Waals surface area (Å²) in [7, 11) is 0. The van der Waals surface area contributed by atoms with Crippen LogP contribution in [0.25, 0.3) is 0 Å². The van der Waals surface area contributed by atoms with Gasteiger partial charge in [-0.25, -0.2) is 0 Å². The van der Waals surface area contributed by atoms with E-state index in [9.17, 15) is 4.79 Å². The molecule has 0 radical (unpaired) electrons. The van der Waals surface area contributed by atoms with E-state index in [4.69, 9.17) is 9.26 Å². The zero-order valence-corrected chi connectivity index (χ0v) is 18.7. The minimum Gasteiger partial charge on any atom is -0.489 e. The smallest absolute Gasteiger partial charge is 0.279 e. The second kappa shape index (κ2) is 9.09. The zero-order chi connectivity index (χ0) is 22.7. The highest BCUT2D eigenvalue weighted by Crippen LogP contribution is 2.21. The predicted octanol–water partition coefficient (Wildman–Crippen LogP) is 4.98. The average Bonchev–Trinajstić information content (AvgIpc) is 3.36. The van der Waals surface area contributed by atoms with Crippen LogP contribution in [0.5, 0.6) is 5.75 Å². The van der Waals surface area contributed by atoms with Crippen molar-refractivity contribution in [1.82, 2.24) is 14.9 Å². The van der Waals surface area contributed by atoms with Crippen LogP contribution in [-0.2, 0) is 13.2 Å². The van der Waals surface area contributed by atoms with E-state index in [1.54, 1.807) is 17.7 Å². The van der Waals surface area contributed by atoms with E-state index in [1.165, 1.54) is 11.1 Å². The third-order valence-corrected chi connectivity index (χ3v) is 5.41. The summed E-state index contributed by atoms with van der Waals surface area (Å²) in [6.07, 6.45) is 1.83. The Kier molecular flexibility index (Phi) is 6.07. The second-order valence-corrected chi connectivity index (χ2v) is 7.94. The summed E-state index contributed by atoms with van der Waals surface area (Å²) < 4.78 is 12.9. The molecule has 4 aromatic rings. The number of nitrogens with zero attached hydrogens (tertiary/aromatic N) is 3. The van der Waals surface area contributed by atoms with Crippen LogP contribution in [0.15, 0.2) is 59.3 Å². The molecule has 0 fully saturated rings. The number of carbonyl (C=O) groups is 1. The fourth-order valence-corrected chi connectivity index (χ4v) is 3.27. The molecule has 4 rings (SSSR count). The summed E-state index contributed by atoms with van der Waals surface area (Å²) >= 11 is 0. The fraction of sp³-hybridized carbons (Fsp3) is 0.240. The lowest BCUT2D eigenvalue weighted by molar-refractivity contribution is 0.101.